The zero-order valence-electron chi connectivity index (χ0n) is 10.5. The summed E-state index contributed by atoms with van der Waals surface area (Å²) < 4.78 is 13.4. The van der Waals surface area contributed by atoms with Crippen LogP contribution in [0.3, 0.4) is 0 Å². The molecule has 6 nitrogen and oxygen atoms in total. The Morgan fingerprint density at radius 1 is 1.33 bits per heavy atom. The van der Waals surface area contributed by atoms with Crippen molar-refractivity contribution in [3.63, 3.8) is 0 Å². The van der Waals surface area contributed by atoms with Crippen LogP contribution in [0.15, 0.2) is 36.4 Å². The summed E-state index contributed by atoms with van der Waals surface area (Å²) >= 11 is 1.00. The van der Waals surface area contributed by atoms with E-state index in [2.05, 4.69) is 10.2 Å². The van der Waals surface area contributed by atoms with Gasteiger partial charge in [-0.1, -0.05) is 23.5 Å². The molecular weight excluding hydrogens is 295 g/mol. The summed E-state index contributed by atoms with van der Waals surface area (Å²) in [6, 6.07) is 8.96. The highest BCUT2D eigenvalue weighted by molar-refractivity contribution is 7.18. The van der Waals surface area contributed by atoms with Gasteiger partial charge in [0.05, 0.1) is 21.1 Å². The monoisotopic (exact) mass is 304 g/mol. The third-order valence-electron chi connectivity index (χ3n) is 2.93. The van der Waals surface area contributed by atoms with E-state index < -0.39 is 10.7 Å². The maximum Gasteiger partial charge on any atom is 0.324 e. The van der Waals surface area contributed by atoms with E-state index >= 15 is 0 Å². The molecule has 0 aliphatic heterocycles. The molecule has 3 aromatic rings. The molecule has 2 heterocycles. The molecule has 3 rings (SSSR count). The van der Waals surface area contributed by atoms with Crippen LogP contribution in [0.4, 0.5) is 15.2 Å². The maximum atomic E-state index is 13.4. The zero-order valence-corrected chi connectivity index (χ0v) is 11.4. The van der Waals surface area contributed by atoms with Crippen LogP contribution in [0.1, 0.15) is 0 Å². The first-order valence-electron chi connectivity index (χ1n) is 5.90. The van der Waals surface area contributed by atoms with Crippen LogP contribution >= 0.6 is 11.3 Å². The molecule has 8 heteroatoms. The predicted molar refractivity (Wildman–Crippen MR) is 78.4 cm³/mol. The number of aromatic amines is 1. The molecule has 2 aromatic heterocycles. The number of thiophene rings is 1. The summed E-state index contributed by atoms with van der Waals surface area (Å²) in [5.74, 6) is -0.178. The Balaban J connectivity index is 2.14. The average molecular weight is 304 g/mol. The Morgan fingerprint density at radius 3 is 2.81 bits per heavy atom. The van der Waals surface area contributed by atoms with Crippen molar-refractivity contribution >= 4 is 22.2 Å². The van der Waals surface area contributed by atoms with Crippen molar-refractivity contribution < 1.29 is 9.31 Å². The Labute approximate surface area is 122 Å². The van der Waals surface area contributed by atoms with Crippen LogP contribution in [0.25, 0.3) is 21.7 Å². The first kappa shape index (κ1) is 13.3. The predicted octanol–water partition coefficient (Wildman–Crippen LogP) is 3.43. The second kappa shape index (κ2) is 4.98. The number of benzene rings is 1. The first-order chi connectivity index (χ1) is 10.1. The van der Waals surface area contributed by atoms with Crippen molar-refractivity contribution in [1.82, 2.24) is 10.2 Å². The van der Waals surface area contributed by atoms with Gasteiger partial charge in [-0.2, -0.15) is 5.10 Å². The number of nitrogen functional groups attached to an aromatic ring is 1. The van der Waals surface area contributed by atoms with Crippen molar-refractivity contribution in [2.75, 3.05) is 5.73 Å². The van der Waals surface area contributed by atoms with E-state index in [9.17, 15) is 14.5 Å². The number of hydrogen-bond donors (Lipinski definition) is 2. The number of anilines is 1. The normalized spacial score (nSPS) is 10.7. The molecule has 3 N–H and O–H groups in total. The first-order valence-corrected chi connectivity index (χ1v) is 6.72. The number of H-pyrrole nitrogens is 1. The summed E-state index contributed by atoms with van der Waals surface area (Å²) in [5.41, 5.74) is 7.47. The third-order valence-corrected chi connectivity index (χ3v) is 3.98. The lowest BCUT2D eigenvalue weighted by atomic mass is 10.0. The molecule has 0 bridgehead atoms. The molecule has 0 saturated heterocycles. The van der Waals surface area contributed by atoms with Crippen molar-refractivity contribution in [2.45, 2.75) is 0 Å². The van der Waals surface area contributed by atoms with E-state index in [0.717, 1.165) is 11.3 Å². The van der Waals surface area contributed by atoms with Gasteiger partial charge in [0.1, 0.15) is 5.82 Å². The molecule has 21 heavy (non-hydrogen) atoms. The molecule has 1 aromatic carbocycles. The zero-order chi connectivity index (χ0) is 15.0. The molecular formula is C13H9FN4O2S. The van der Waals surface area contributed by atoms with Crippen molar-refractivity contribution in [3.8, 4) is 21.7 Å². The van der Waals surface area contributed by atoms with Gasteiger partial charge >= 0.3 is 5.00 Å². The van der Waals surface area contributed by atoms with Crippen LogP contribution in [0.5, 0.6) is 0 Å². The number of nitrogens with zero attached hydrogens (tertiary/aromatic N) is 2. The molecule has 0 amide bonds. The fourth-order valence-corrected chi connectivity index (χ4v) is 2.85. The molecule has 0 unspecified atom stereocenters. The molecule has 0 atom stereocenters. The van der Waals surface area contributed by atoms with Crippen LogP contribution < -0.4 is 5.73 Å². The lowest BCUT2D eigenvalue weighted by Crippen LogP contribution is -1.89. The number of nitro groups is 1. The number of aromatic nitrogens is 2. The van der Waals surface area contributed by atoms with Gasteiger partial charge in [0.15, 0.2) is 5.82 Å². The van der Waals surface area contributed by atoms with Gasteiger partial charge in [0.2, 0.25) is 0 Å². The van der Waals surface area contributed by atoms with Gasteiger partial charge < -0.3 is 5.73 Å². The topological polar surface area (TPSA) is 97.8 Å². The summed E-state index contributed by atoms with van der Waals surface area (Å²) in [6.45, 7) is 0. The second-order valence-corrected chi connectivity index (χ2v) is 5.33. The van der Waals surface area contributed by atoms with Crippen molar-refractivity contribution in [3.05, 3.63) is 52.3 Å². The Hall–Kier alpha value is -2.74. The molecule has 0 radical (unpaired) electrons. The number of halogens is 1. The molecule has 0 saturated carbocycles. The smallest absolute Gasteiger partial charge is 0.324 e. The van der Waals surface area contributed by atoms with Crippen LogP contribution in [0.2, 0.25) is 0 Å². The number of hydrogen-bond acceptors (Lipinski definition) is 5. The Bertz CT molecular complexity index is 827. The van der Waals surface area contributed by atoms with Crippen LogP contribution in [-0.4, -0.2) is 15.1 Å². The fraction of sp³-hybridized carbons (Fsp3) is 0. The lowest BCUT2D eigenvalue weighted by molar-refractivity contribution is -0.380. The van der Waals surface area contributed by atoms with E-state index in [1.807, 2.05) is 0 Å². The molecule has 106 valence electrons. The van der Waals surface area contributed by atoms with Crippen LogP contribution in [-0.2, 0) is 0 Å². The molecule has 0 spiro atoms. The summed E-state index contributed by atoms with van der Waals surface area (Å²) in [4.78, 5) is 10.9. The SMILES string of the molecule is Nc1n[nH]c(-c2ccc([N+](=O)[O-])s2)c1-c1cccc(F)c1. The van der Waals surface area contributed by atoms with E-state index in [-0.39, 0.29) is 10.8 Å². The summed E-state index contributed by atoms with van der Waals surface area (Å²) in [7, 11) is 0. The van der Waals surface area contributed by atoms with E-state index in [1.165, 1.54) is 18.2 Å². The maximum absolute atomic E-state index is 13.4. The highest BCUT2D eigenvalue weighted by atomic mass is 32.1. The highest BCUT2D eigenvalue weighted by Crippen LogP contribution is 2.39. The number of nitrogens with one attached hydrogen (secondary N) is 1. The van der Waals surface area contributed by atoms with Crippen molar-refractivity contribution in [2.24, 2.45) is 0 Å². The minimum atomic E-state index is -0.463. The fourth-order valence-electron chi connectivity index (χ4n) is 2.03. The largest absolute Gasteiger partial charge is 0.382 e. The quantitative estimate of drug-likeness (QED) is 0.572. The van der Waals surface area contributed by atoms with Gasteiger partial charge in [-0.25, -0.2) is 4.39 Å². The van der Waals surface area contributed by atoms with Gasteiger partial charge in [-0.15, -0.1) is 0 Å². The van der Waals surface area contributed by atoms with Gasteiger partial charge in [0.25, 0.3) is 0 Å². The third kappa shape index (κ3) is 2.36. The van der Waals surface area contributed by atoms with E-state index in [4.69, 9.17) is 5.73 Å². The Kier molecular flexibility index (Phi) is 3.15. The standard InChI is InChI=1S/C13H9FN4O2S/c14-8-3-1-2-7(6-8)11-12(16-17-13(11)15)9-4-5-10(21-9)18(19)20/h1-6H,(H3,15,16,17). The number of rotatable bonds is 3. The van der Waals surface area contributed by atoms with Gasteiger partial charge in [-0.3, -0.25) is 15.2 Å². The molecule has 0 aliphatic carbocycles. The molecule has 0 fully saturated rings. The highest BCUT2D eigenvalue weighted by Gasteiger charge is 2.19. The van der Waals surface area contributed by atoms with Gasteiger partial charge in [0, 0.05) is 6.07 Å². The molecule has 0 aliphatic rings. The number of nitrogens with two attached hydrogens (primary N) is 1. The lowest BCUT2D eigenvalue weighted by Gasteiger charge is -2.02. The van der Waals surface area contributed by atoms with Crippen molar-refractivity contribution in [1.29, 1.82) is 0 Å². The van der Waals surface area contributed by atoms with Gasteiger partial charge in [-0.05, 0) is 23.8 Å². The summed E-state index contributed by atoms with van der Waals surface area (Å²) in [6.07, 6.45) is 0. The Morgan fingerprint density at radius 2 is 2.14 bits per heavy atom. The van der Waals surface area contributed by atoms with E-state index in [1.54, 1.807) is 18.2 Å². The summed E-state index contributed by atoms with van der Waals surface area (Å²) in [5, 5.41) is 17.5. The second-order valence-electron chi connectivity index (χ2n) is 4.26. The van der Waals surface area contributed by atoms with Crippen LogP contribution in [0, 0.1) is 15.9 Å². The van der Waals surface area contributed by atoms with E-state index in [0.29, 0.717) is 21.7 Å². The average Bonchev–Trinajstić information content (AvgIpc) is 3.05. The minimum Gasteiger partial charge on any atom is -0.382 e. The minimum absolute atomic E-state index is 0.0170.